The molecular formula is C17H25ClFN3O3S. The number of likely N-dealkylation sites (tertiary alicyclic amines) is 1. The number of carbonyl (C=O) groups is 1. The fourth-order valence-corrected chi connectivity index (χ4v) is 4.18. The van der Waals surface area contributed by atoms with Crippen molar-refractivity contribution >= 4 is 33.8 Å². The first kappa shape index (κ1) is 20.9. The summed E-state index contributed by atoms with van der Waals surface area (Å²) in [5.74, 6) is -0.653. The summed E-state index contributed by atoms with van der Waals surface area (Å²) in [4.78, 5) is 14.6. The third-order valence-electron chi connectivity index (χ3n) is 4.92. The maximum atomic E-state index is 14.3. The SMILES string of the molecule is CS(=O)(=O)c1ccc(N[C@H]2CCCN(C3CCNCC3)C2=O)c(F)c1.Cl. The topological polar surface area (TPSA) is 78.5 Å². The lowest BCUT2D eigenvalue weighted by molar-refractivity contribution is -0.137. The summed E-state index contributed by atoms with van der Waals surface area (Å²) in [6.45, 7) is 2.57. The zero-order valence-electron chi connectivity index (χ0n) is 14.7. The number of carbonyl (C=O) groups excluding carboxylic acids is 1. The van der Waals surface area contributed by atoms with Gasteiger partial charge < -0.3 is 15.5 Å². The van der Waals surface area contributed by atoms with Gasteiger partial charge in [-0.25, -0.2) is 12.8 Å². The summed E-state index contributed by atoms with van der Waals surface area (Å²) in [5.41, 5.74) is 0.165. The first-order valence-electron chi connectivity index (χ1n) is 8.63. The van der Waals surface area contributed by atoms with Gasteiger partial charge in [0.2, 0.25) is 5.91 Å². The van der Waals surface area contributed by atoms with Crippen LogP contribution in [0.1, 0.15) is 25.7 Å². The zero-order chi connectivity index (χ0) is 18.0. The molecule has 0 radical (unpaired) electrons. The van der Waals surface area contributed by atoms with E-state index in [0.717, 1.165) is 51.2 Å². The highest BCUT2D eigenvalue weighted by atomic mass is 35.5. The smallest absolute Gasteiger partial charge is 0.245 e. The number of anilines is 1. The van der Waals surface area contributed by atoms with E-state index in [1.165, 1.54) is 12.1 Å². The van der Waals surface area contributed by atoms with Gasteiger partial charge >= 0.3 is 0 Å². The van der Waals surface area contributed by atoms with Gasteiger partial charge in [0.05, 0.1) is 10.6 Å². The van der Waals surface area contributed by atoms with Gasteiger partial charge in [-0.3, -0.25) is 4.79 Å². The van der Waals surface area contributed by atoms with Gasteiger partial charge in [0.25, 0.3) is 0 Å². The molecule has 146 valence electrons. The Bertz CT molecular complexity index is 754. The van der Waals surface area contributed by atoms with E-state index < -0.39 is 21.7 Å². The minimum atomic E-state index is -3.46. The van der Waals surface area contributed by atoms with Crippen LogP contribution >= 0.6 is 12.4 Å². The van der Waals surface area contributed by atoms with Crippen molar-refractivity contribution in [1.82, 2.24) is 10.2 Å². The van der Waals surface area contributed by atoms with Crippen LogP contribution in [0.15, 0.2) is 23.1 Å². The molecule has 0 spiro atoms. The quantitative estimate of drug-likeness (QED) is 0.798. The van der Waals surface area contributed by atoms with Crippen LogP contribution < -0.4 is 10.6 Å². The van der Waals surface area contributed by atoms with Crippen molar-refractivity contribution in [3.63, 3.8) is 0 Å². The van der Waals surface area contributed by atoms with Crippen LogP contribution in [-0.4, -0.2) is 57.2 Å². The van der Waals surface area contributed by atoms with Crippen molar-refractivity contribution < 1.29 is 17.6 Å². The number of benzene rings is 1. The highest BCUT2D eigenvalue weighted by Crippen LogP contribution is 2.25. The van der Waals surface area contributed by atoms with Gasteiger partial charge in [0.15, 0.2) is 9.84 Å². The van der Waals surface area contributed by atoms with Gasteiger partial charge in [-0.1, -0.05) is 0 Å². The van der Waals surface area contributed by atoms with Crippen LogP contribution in [-0.2, 0) is 14.6 Å². The number of rotatable bonds is 4. The molecule has 1 atom stereocenters. The average Bonchev–Trinajstić information content (AvgIpc) is 2.58. The molecule has 3 rings (SSSR count). The standard InChI is InChI=1S/C17H24FN3O3S.ClH/c1-25(23,24)13-4-5-15(14(18)11-13)20-16-3-2-10-21(17(16)22)12-6-8-19-9-7-12;/h4-5,11-12,16,19-20H,2-3,6-10H2,1H3;1H/t16-;/m0./s1. The molecule has 2 saturated heterocycles. The Morgan fingerprint density at radius 3 is 2.54 bits per heavy atom. The van der Waals surface area contributed by atoms with E-state index in [0.29, 0.717) is 6.42 Å². The third kappa shape index (κ3) is 4.66. The molecule has 0 aromatic heterocycles. The van der Waals surface area contributed by atoms with Gasteiger partial charge in [0.1, 0.15) is 11.9 Å². The van der Waals surface area contributed by atoms with Crippen molar-refractivity contribution in [2.75, 3.05) is 31.2 Å². The number of hydrogen-bond donors (Lipinski definition) is 2. The first-order chi connectivity index (χ1) is 11.9. The van der Waals surface area contributed by atoms with E-state index in [1.807, 2.05) is 4.90 Å². The van der Waals surface area contributed by atoms with Crippen molar-refractivity contribution in [1.29, 1.82) is 0 Å². The molecule has 2 aliphatic rings. The molecule has 6 nitrogen and oxygen atoms in total. The van der Waals surface area contributed by atoms with Gasteiger partial charge in [-0.05, 0) is 57.0 Å². The molecule has 9 heteroatoms. The Morgan fingerprint density at radius 2 is 1.92 bits per heavy atom. The normalized spacial score (nSPS) is 22.0. The van der Waals surface area contributed by atoms with Crippen LogP contribution in [0.2, 0.25) is 0 Å². The predicted molar refractivity (Wildman–Crippen MR) is 101 cm³/mol. The molecule has 26 heavy (non-hydrogen) atoms. The summed E-state index contributed by atoms with van der Waals surface area (Å²) in [6, 6.07) is 3.52. The summed E-state index contributed by atoms with van der Waals surface area (Å²) >= 11 is 0. The highest BCUT2D eigenvalue weighted by Gasteiger charge is 2.34. The molecule has 0 aliphatic carbocycles. The first-order valence-corrected chi connectivity index (χ1v) is 10.5. The van der Waals surface area contributed by atoms with Crippen molar-refractivity contribution in [2.24, 2.45) is 0 Å². The minimum Gasteiger partial charge on any atom is -0.371 e. The number of amides is 1. The molecule has 1 amide bonds. The van der Waals surface area contributed by atoms with E-state index in [-0.39, 0.29) is 34.9 Å². The van der Waals surface area contributed by atoms with Gasteiger partial charge in [-0.15, -0.1) is 12.4 Å². The summed E-state index contributed by atoms with van der Waals surface area (Å²) in [5, 5.41) is 6.26. The minimum absolute atomic E-state index is 0. The second kappa shape index (κ2) is 8.54. The van der Waals surface area contributed by atoms with Gasteiger partial charge in [0, 0.05) is 18.8 Å². The van der Waals surface area contributed by atoms with Crippen molar-refractivity contribution in [2.45, 2.75) is 42.7 Å². The lowest BCUT2D eigenvalue weighted by Crippen LogP contribution is -2.54. The number of sulfone groups is 1. The Balaban J connectivity index is 0.00000243. The molecule has 1 aromatic rings. The lowest BCUT2D eigenvalue weighted by atomic mass is 9.98. The fourth-order valence-electron chi connectivity index (χ4n) is 3.55. The number of piperidine rings is 2. The second-order valence-electron chi connectivity index (χ2n) is 6.77. The summed E-state index contributed by atoms with van der Waals surface area (Å²) in [6.07, 6.45) is 4.44. The summed E-state index contributed by atoms with van der Waals surface area (Å²) in [7, 11) is -3.46. The molecule has 2 N–H and O–H groups in total. The lowest BCUT2D eigenvalue weighted by Gasteiger charge is -2.40. The van der Waals surface area contributed by atoms with Crippen LogP contribution in [0, 0.1) is 5.82 Å². The van der Waals surface area contributed by atoms with Crippen LogP contribution in [0.5, 0.6) is 0 Å². The van der Waals surface area contributed by atoms with E-state index in [4.69, 9.17) is 0 Å². The number of halogens is 2. The molecule has 0 saturated carbocycles. The van der Waals surface area contributed by atoms with E-state index >= 15 is 0 Å². The predicted octanol–water partition coefficient (Wildman–Crippen LogP) is 1.81. The molecule has 1 aromatic carbocycles. The van der Waals surface area contributed by atoms with Crippen LogP contribution in [0.25, 0.3) is 0 Å². The maximum Gasteiger partial charge on any atom is 0.245 e. The molecule has 0 bridgehead atoms. The molecule has 2 fully saturated rings. The molecular weight excluding hydrogens is 381 g/mol. The Morgan fingerprint density at radius 1 is 1.23 bits per heavy atom. The monoisotopic (exact) mass is 405 g/mol. The van der Waals surface area contributed by atoms with E-state index in [2.05, 4.69) is 10.6 Å². The Hall–Kier alpha value is -1.38. The average molecular weight is 406 g/mol. The molecule has 2 aliphatic heterocycles. The Labute approximate surface area is 159 Å². The van der Waals surface area contributed by atoms with Gasteiger partial charge in [-0.2, -0.15) is 0 Å². The largest absolute Gasteiger partial charge is 0.371 e. The van der Waals surface area contributed by atoms with E-state index in [9.17, 15) is 17.6 Å². The molecule has 0 unspecified atom stereocenters. The fraction of sp³-hybridized carbons (Fsp3) is 0.588. The number of nitrogens with one attached hydrogen (secondary N) is 2. The third-order valence-corrected chi connectivity index (χ3v) is 6.03. The van der Waals surface area contributed by atoms with Crippen LogP contribution in [0.4, 0.5) is 10.1 Å². The van der Waals surface area contributed by atoms with Crippen molar-refractivity contribution in [3.8, 4) is 0 Å². The summed E-state index contributed by atoms with van der Waals surface area (Å²) < 4.78 is 37.3. The Kier molecular flexibility index (Phi) is 6.87. The highest BCUT2D eigenvalue weighted by molar-refractivity contribution is 7.90. The van der Waals surface area contributed by atoms with Crippen LogP contribution in [0.3, 0.4) is 0 Å². The molecule has 2 heterocycles. The van der Waals surface area contributed by atoms with Crippen molar-refractivity contribution in [3.05, 3.63) is 24.0 Å². The maximum absolute atomic E-state index is 14.3. The number of nitrogens with zero attached hydrogens (tertiary/aromatic N) is 1. The van der Waals surface area contributed by atoms with E-state index in [1.54, 1.807) is 0 Å². The zero-order valence-corrected chi connectivity index (χ0v) is 16.3. The second-order valence-corrected chi connectivity index (χ2v) is 8.78. The number of hydrogen-bond acceptors (Lipinski definition) is 5.